The molecular weight excluding hydrogens is 448 g/mol. The minimum atomic E-state index is -0.233. The van der Waals surface area contributed by atoms with Gasteiger partial charge in [0.2, 0.25) is 0 Å². The summed E-state index contributed by atoms with van der Waals surface area (Å²) < 4.78 is 2.13. The zero-order valence-electron chi connectivity index (χ0n) is 9.13. The van der Waals surface area contributed by atoms with Crippen LogP contribution in [0.5, 0.6) is 0 Å². The van der Waals surface area contributed by atoms with Gasteiger partial charge in [-0.1, -0.05) is 45.2 Å². The van der Waals surface area contributed by atoms with E-state index in [0.29, 0.717) is 10.0 Å². The van der Waals surface area contributed by atoms with Crippen LogP contribution in [0.1, 0.15) is 17.2 Å². The molecule has 0 radical (unpaired) electrons. The summed E-state index contributed by atoms with van der Waals surface area (Å²) in [5.74, 6) is 0. The molecule has 0 fully saturated rings. The summed E-state index contributed by atoms with van der Waals surface area (Å²) >= 11 is 17.7. The maximum Gasteiger partial charge on any atom is 0.0595 e. The van der Waals surface area contributed by atoms with E-state index in [4.69, 9.17) is 28.9 Å². The average molecular weight is 457 g/mol. The third kappa shape index (κ3) is 3.20. The van der Waals surface area contributed by atoms with Gasteiger partial charge in [-0.25, -0.2) is 0 Å². The van der Waals surface area contributed by atoms with E-state index in [1.807, 2.05) is 18.2 Å². The van der Waals surface area contributed by atoms with Gasteiger partial charge in [0.25, 0.3) is 0 Å². The zero-order valence-corrected chi connectivity index (χ0v) is 14.4. The first-order chi connectivity index (χ1) is 8.49. The highest BCUT2D eigenvalue weighted by molar-refractivity contribution is 14.1. The van der Waals surface area contributed by atoms with Crippen molar-refractivity contribution in [1.29, 1.82) is 0 Å². The van der Waals surface area contributed by atoms with Gasteiger partial charge in [0.1, 0.15) is 0 Å². The maximum absolute atomic E-state index is 6.27. The molecule has 0 saturated carbocycles. The van der Waals surface area contributed by atoms with E-state index in [-0.39, 0.29) is 6.04 Å². The average Bonchev–Trinajstić information content (AvgIpc) is 2.35. The van der Waals surface area contributed by atoms with Gasteiger partial charge in [0.15, 0.2) is 0 Å². The molecule has 0 aliphatic heterocycles. The van der Waals surface area contributed by atoms with Crippen LogP contribution in [0.3, 0.4) is 0 Å². The van der Waals surface area contributed by atoms with Crippen LogP contribution in [0, 0.1) is 3.57 Å². The van der Waals surface area contributed by atoms with E-state index in [2.05, 4.69) is 44.6 Å². The topological polar surface area (TPSA) is 26.0 Å². The summed E-state index contributed by atoms with van der Waals surface area (Å²) in [5, 5.41) is 1.06. The standard InChI is InChI=1S/C13H9BrCl2IN/c14-10-3-2-8(17)6-9(10)13(18)7-1-4-11(15)12(16)5-7/h1-6,13H,18H2. The predicted octanol–water partition coefficient (Wildman–Crippen LogP) is 5.41. The fourth-order valence-electron chi connectivity index (χ4n) is 1.64. The van der Waals surface area contributed by atoms with Crippen molar-refractivity contribution in [3.05, 3.63) is 65.6 Å². The van der Waals surface area contributed by atoms with Crippen molar-refractivity contribution in [3.8, 4) is 0 Å². The Morgan fingerprint density at radius 1 is 1.06 bits per heavy atom. The fraction of sp³-hybridized carbons (Fsp3) is 0.0769. The van der Waals surface area contributed by atoms with Gasteiger partial charge in [0, 0.05) is 8.04 Å². The van der Waals surface area contributed by atoms with E-state index >= 15 is 0 Å². The molecule has 0 aromatic heterocycles. The molecule has 2 rings (SSSR count). The number of rotatable bonds is 2. The Balaban J connectivity index is 2.44. The number of nitrogens with two attached hydrogens (primary N) is 1. The molecule has 1 nitrogen and oxygen atoms in total. The van der Waals surface area contributed by atoms with Crippen LogP contribution in [-0.2, 0) is 0 Å². The molecule has 0 aliphatic rings. The number of benzene rings is 2. The molecule has 0 amide bonds. The summed E-state index contributed by atoms with van der Waals surface area (Å²) in [7, 11) is 0. The van der Waals surface area contributed by atoms with Gasteiger partial charge >= 0.3 is 0 Å². The molecule has 0 spiro atoms. The van der Waals surface area contributed by atoms with Crippen LogP contribution in [0.25, 0.3) is 0 Å². The van der Waals surface area contributed by atoms with Gasteiger partial charge in [-0.15, -0.1) is 0 Å². The highest BCUT2D eigenvalue weighted by Crippen LogP contribution is 2.31. The molecule has 2 aromatic carbocycles. The second-order valence-electron chi connectivity index (χ2n) is 3.82. The molecule has 94 valence electrons. The largest absolute Gasteiger partial charge is 0.320 e. The SMILES string of the molecule is NC(c1ccc(Cl)c(Cl)c1)c1cc(I)ccc1Br. The quantitative estimate of drug-likeness (QED) is 0.601. The number of halogens is 4. The Bertz CT molecular complexity index is 589. The van der Waals surface area contributed by atoms with Crippen molar-refractivity contribution in [1.82, 2.24) is 0 Å². The van der Waals surface area contributed by atoms with Gasteiger partial charge < -0.3 is 5.73 Å². The molecule has 2 N–H and O–H groups in total. The molecule has 0 saturated heterocycles. The summed E-state index contributed by atoms with van der Waals surface area (Å²) in [6, 6.07) is 11.3. The summed E-state index contributed by atoms with van der Waals surface area (Å²) in [4.78, 5) is 0. The monoisotopic (exact) mass is 455 g/mol. The van der Waals surface area contributed by atoms with Crippen LogP contribution in [0.2, 0.25) is 10.0 Å². The van der Waals surface area contributed by atoms with Gasteiger partial charge in [-0.05, 0) is 64.0 Å². The first-order valence-electron chi connectivity index (χ1n) is 5.14. The second-order valence-corrected chi connectivity index (χ2v) is 6.73. The minimum Gasteiger partial charge on any atom is -0.320 e. The summed E-state index contributed by atoms with van der Waals surface area (Å²) in [6.07, 6.45) is 0. The zero-order chi connectivity index (χ0) is 13.3. The second kappa shape index (κ2) is 6.09. The van der Waals surface area contributed by atoms with E-state index < -0.39 is 0 Å². The lowest BCUT2D eigenvalue weighted by Gasteiger charge is -2.15. The van der Waals surface area contributed by atoms with Crippen LogP contribution in [0.15, 0.2) is 40.9 Å². The Hall–Kier alpha value is 0.190. The Labute approximate surface area is 138 Å². The first kappa shape index (κ1) is 14.6. The lowest BCUT2D eigenvalue weighted by Crippen LogP contribution is -2.12. The Morgan fingerprint density at radius 3 is 2.44 bits per heavy atom. The molecule has 1 unspecified atom stereocenters. The molecule has 0 heterocycles. The summed E-state index contributed by atoms with van der Waals surface area (Å²) in [5.41, 5.74) is 8.24. The predicted molar refractivity (Wildman–Crippen MR) is 89.4 cm³/mol. The number of hydrogen-bond donors (Lipinski definition) is 1. The maximum atomic E-state index is 6.27. The van der Waals surface area contributed by atoms with Crippen LogP contribution in [0.4, 0.5) is 0 Å². The number of hydrogen-bond acceptors (Lipinski definition) is 1. The van der Waals surface area contributed by atoms with Gasteiger partial charge in [-0.2, -0.15) is 0 Å². The van der Waals surface area contributed by atoms with Crippen molar-refractivity contribution in [2.75, 3.05) is 0 Å². The normalized spacial score (nSPS) is 12.5. The van der Waals surface area contributed by atoms with Crippen LogP contribution >= 0.6 is 61.7 Å². The highest BCUT2D eigenvalue weighted by Gasteiger charge is 2.13. The highest BCUT2D eigenvalue weighted by atomic mass is 127. The molecule has 0 bridgehead atoms. The third-order valence-electron chi connectivity index (χ3n) is 2.60. The van der Waals surface area contributed by atoms with E-state index in [9.17, 15) is 0 Å². The molecule has 2 aromatic rings. The van der Waals surface area contributed by atoms with Gasteiger partial charge in [-0.3, -0.25) is 0 Å². The molecule has 18 heavy (non-hydrogen) atoms. The molecule has 1 atom stereocenters. The van der Waals surface area contributed by atoms with E-state index in [0.717, 1.165) is 19.2 Å². The Morgan fingerprint density at radius 2 is 1.78 bits per heavy atom. The molecular formula is C13H9BrCl2IN. The van der Waals surface area contributed by atoms with Crippen molar-refractivity contribution in [2.45, 2.75) is 6.04 Å². The minimum absolute atomic E-state index is 0.233. The van der Waals surface area contributed by atoms with Crippen molar-refractivity contribution < 1.29 is 0 Å². The lowest BCUT2D eigenvalue weighted by molar-refractivity contribution is 0.865. The van der Waals surface area contributed by atoms with Crippen molar-refractivity contribution >= 4 is 61.7 Å². The smallest absolute Gasteiger partial charge is 0.0595 e. The summed E-state index contributed by atoms with van der Waals surface area (Å²) in [6.45, 7) is 0. The fourth-order valence-corrected chi connectivity index (χ4v) is 2.95. The van der Waals surface area contributed by atoms with Crippen LogP contribution in [-0.4, -0.2) is 0 Å². The van der Waals surface area contributed by atoms with Gasteiger partial charge in [0.05, 0.1) is 16.1 Å². The third-order valence-corrected chi connectivity index (χ3v) is 4.73. The van der Waals surface area contributed by atoms with E-state index in [1.165, 1.54) is 0 Å². The lowest BCUT2D eigenvalue weighted by atomic mass is 10.00. The van der Waals surface area contributed by atoms with Crippen LogP contribution < -0.4 is 5.73 Å². The van der Waals surface area contributed by atoms with Crippen molar-refractivity contribution in [3.63, 3.8) is 0 Å². The van der Waals surface area contributed by atoms with E-state index in [1.54, 1.807) is 12.1 Å². The Kier molecular flexibility index (Phi) is 4.94. The molecule has 5 heteroatoms. The first-order valence-corrected chi connectivity index (χ1v) is 7.77. The molecule has 0 aliphatic carbocycles. The van der Waals surface area contributed by atoms with Crippen molar-refractivity contribution in [2.24, 2.45) is 5.73 Å².